The quantitative estimate of drug-likeness (QED) is 0.616. The second kappa shape index (κ2) is 7.17. The van der Waals surface area contributed by atoms with Gasteiger partial charge in [-0.3, -0.25) is 4.79 Å². The first-order valence-corrected chi connectivity index (χ1v) is 6.55. The summed E-state index contributed by atoms with van der Waals surface area (Å²) in [5.74, 6) is -0.937. The Morgan fingerprint density at radius 1 is 1.50 bits per heavy atom. The van der Waals surface area contributed by atoms with E-state index in [1.54, 1.807) is 0 Å². The molecule has 20 heavy (non-hydrogen) atoms. The Balaban J connectivity index is 2.90. The predicted octanol–water partition coefficient (Wildman–Crippen LogP) is -0.481. The Labute approximate surface area is 119 Å². The number of hydrogen-bond donors (Lipinski definition) is 3. The fourth-order valence-electron chi connectivity index (χ4n) is 1.29. The maximum atomic E-state index is 11.4. The summed E-state index contributed by atoms with van der Waals surface area (Å²) in [6.45, 7) is 1.35. The molecular formula is C11H15N3O5S. The number of nitrogens with two attached hydrogens (primary N) is 1. The highest BCUT2D eigenvalue weighted by atomic mass is 32.2. The summed E-state index contributed by atoms with van der Waals surface area (Å²) in [4.78, 5) is 29.7. The summed E-state index contributed by atoms with van der Waals surface area (Å²) < 4.78 is 4.48. The molecule has 0 aliphatic rings. The molecule has 2 unspecified atom stereocenters. The van der Waals surface area contributed by atoms with Gasteiger partial charge in [0, 0.05) is 12.7 Å². The Kier molecular flexibility index (Phi) is 5.86. The monoisotopic (exact) mass is 301 g/mol. The highest BCUT2D eigenvalue weighted by molar-refractivity contribution is 8.13. The van der Waals surface area contributed by atoms with Crippen molar-refractivity contribution in [2.45, 2.75) is 19.1 Å². The normalized spacial score (nSPS) is 13.6. The van der Waals surface area contributed by atoms with Crippen LogP contribution >= 0.6 is 11.8 Å². The molecule has 0 aromatic carbocycles. The molecule has 2 atom stereocenters. The number of rotatable bonds is 5. The van der Waals surface area contributed by atoms with Gasteiger partial charge in [0.2, 0.25) is 0 Å². The SMILES string of the molecule is COC(=O)c1nc(C(O)C(O)CSC(C)=O)cnc1N. The van der Waals surface area contributed by atoms with Gasteiger partial charge < -0.3 is 20.7 Å². The Hall–Kier alpha value is -1.71. The van der Waals surface area contributed by atoms with E-state index in [0.717, 1.165) is 25.1 Å². The molecular weight excluding hydrogens is 286 g/mol. The van der Waals surface area contributed by atoms with E-state index < -0.39 is 18.2 Å². The number of carbonyl (C=O) groups excluding carboxylic acids is 2. The van der Waals surface area contributed by atoms with Gasteiger partial charge in [0.15, 0.2) is 16.6 Å². The molecule has 4 N–H and O–H groups in total. The molecule has 1 aromatic rings. The molecule has 0 bridgehead atoms. The van der Waals surface area contributed by atoms with Crippen LogP contribution < -0.4 is 5.73 Å². The van der Waals surface area contributed by atoms with Crippen LogP contribution in [0.2, 0.25) is 0 Å². The number of thioether (sulfide) groups is 1. The van der Waals surface area contributed by atoms with Crippen molar-refractivity contribution in [2.24, 2.45) is 0 Å². The van der Waals surface area contributed by atoms with Crippen LogP contribution in [0.3, 0.4) is 0 Å². The van der Waals surface area contributed by atoms with E-state index in [2.05, 4.69) is 14.7 Å². The van der Waals surface area contributed by atoms with Crippen LogP contribution in [0.15, 0.2) is 6.20 Å². The number of esters is 1. The highest BCUT2D eigenvalue weighted by Crippen LogP contribution is 2.19. The van der Waals surface area contributed by atoms with Gasteiger partial charge in [0.25, 0.3) is 0 Å². The number of aliphatic hydroxyl groups excluding tert-OH is 2. The zero-order valence-electron chi connectivity index (χ0n) is 10.9. The van der Waals surface area contributed by atoms with Crippen LogP contribution in [0.25, 0.3) is 0 Å². The van der Waals surface area contributed by atoms with Gasteiger partial charge in [-0.15, -0.1) is 0 Å². The molecule has 110 valence electrons. The summed E-state index contributed by atoms with van der Waals surface area (Å²) in [6, 6.07) is 0. The zero-order chi connectivity index (χ0) is 15.3. The van der Waals surface area contributed by atoms with Gasteiger partial charge in [-0.2, -0.15) is 0 Å². The second-order valence-electron chi connectivity index (χ2n) is 3.84. The van der Waals surface area contributed by atoms with Gasteiger partial charge in [0.05, 0.1) is 25.1 Å². The van der Waals surface area contributed by atoms with E-state index in [-0.39, 0.29) is 28.1 Å². The van der Waals surface area contributed by atoms with E-state index in [1.165, 1.54) is 6.92 Å². The molecule has 0 fully saturated rings. The van der Waals surface area contributed by atoms with Crippen molar-refractivity contribution in [3.63, 3.8) is 0 Å². The second-order valence-corrected chi connectivity index (χ2v) is 5.03. The van der Waals surface area contributed by atoms with Crippen molar-refractivity contribution in [1.29, 1.82) is 0 Å². The lowest BCUT2D eigenvalue weighted by Crippen LogP contribution is -2.24. The molecule has 0 saturated heterocycles. The van der Waals surface area contributed by atoms with Crippen LogP contribution in [0.1, 0.15) is 29.2 Å². The lowest BCUT2D eigenvalue weighted by Gasteiger charge is -2.16. The van der Waals surface area contributed by atoms with Crippen molar-refractivity contribution in [2.75, 3.05) is 18.6 Å². The van der Waals surface area contributed by atoms with E-state index in [9.17, 15) is 19.8 Å². The number of nitrogen functional groups attached to an aromatic ring is 1. The summed E-state index contributed by atoms with van der Waals surface area (Å²) in [5, 5.41) is 19.5. The molecule has 1 rings (SSSR count). The minimum atomic E-state index is -1.39. The van der Waals surface area contributed by atoms with Crippen LogP contribution in [-0.4, -0.2) is 50.2 Å². The summed E-state index contributed by atoms with van der Waals surface area (Å²) in [5.41, 5.74) is 5.20. The maximum Gasteiger partial charge on any atom is 0.360 e. The third-order valence-corrected chi connectivity index (χ3v) is 3.24. The zero-order valence-corrected chi connectivity index (χ0v) is 11.8. The standard InChI is InChI=1S/C11H15N3O5S/c1-5(15)20-4-7(16)9(17)6-3-13-10(12)8(14-6)11(18)19-2/h3,7,9,16-17H,4H2,1-2H3,(H2,12,13). The van der Waals surface area contributed by atoms with Crippen LogP contribution in [-0.2, 0) is 9.53 Å². The molecule has 0 saturated carbocycles. The van der Waals surface area contributed by atoms with Gasteiger partial charge in [-0.25, -0.2) is 14.8 Å². The van der Waals surface area contributed by atoms with Crippen LogP contribution in [0.4, 0.5) is 5.82 Å². The van der Waals surface area contributed by atoms with Crippen molar-refractivity contribution in [1.82, 2.24) is 9.97 Å². The summed E-state index contributed by atoms with van der Waals surface area (Å²) in [6.07, 6.45) is -1.47. The first kappa shape index (κ1) is 16.3. The number of methoxy groups -OCH3 is 1. The number of hydrogen-bond acceptors (Lipinski definition) is 9. The average molecular weight is 301 g/mol. The molecule has 0 amide bonds. The summed E-state index contributed by atoms with van der Waals surface area (Å²) in [7, 11) is 1.16. The largest absolute Gasteiger partial charge is 0.464 e. The first-order valence-electron chi connectivity index (χ1n) is 5.57. The van der Waals surface area contributed by atoms with Gasteiger partial charge >= 0.3 is 5.97 Å². The molecule has 0 spiro atoms. The number of aromatic nitrogens is 2. The topological polar surface area (TPSA) is 136 Å². The third-order valence-electron chi connectivity index (χ3n) is 2.32. The molecule has 8 nitrogen and oxygen atoms in total. The van der Waals surface area contributed by atoms with Crippen molar-refractivity contribution < 1.29 is 24.5 Å². The van der Waals surface area contributed by atoms with E-state index in [1.807, 2.05) is 0 Å². The van der Waals surface area contributed by atoms with Gasteiger partial charge in [0.1, 0.15) is 6.10 Å². The fraction of sp³-hybridized carbons (Fsp3) is 0.455. The number of anilines is 1. The number of carbonyl (C=O) groups is 2. The van der Waals surface area contributed by atoms with Gasteiger partial charge in [-0.05, 0) is 0 Å². The average Bonchev–Trinajstić information content (AvgIpc) is 2.43. The molecule has 1 aromatic heterocycles. The van der Waals surface area contributed by atoms with Crippen molar-refractivity contribution in [3.8, 4) is 0 Å². The molecule has 0 aliphatic carbocycles. The lowest BCUT2D eigenvalue weighted by atomic mass is 10.1. The number of aliphatic hydroxyl groups is 2. The lowest BCUT2D eigenvalue weighted by molar-refractivity contribution is -0.109. The minimum absolute atomic E-state index is 0.00386. The number of nitrogens with zero attached hydrogens (tertiary/aromatic N) is 2. The maximum absolute atomic E-state index is 11.4. The Bertz CT molecular complexity index is 511. The van der Waals surface area contributed by atoms with Crippen molar-refractivity contribution >= 4 is 28.7 Å². The molecule has 9 heteroatoms. The molecule has 0 radical (unpaired) electrons. The molecule has 1 heterocycles. The highest BCUT2D eigenvalue weighted by Gasteiger charge is 2.23. The fourth-order valence-corrected chi connectivity index (χ4v) is 1.88. The smallest absolute Gasteiger partial charge is 0.360 e. The molecule has 0 aliphatic heterocycles. The van der Waals surface area contributed by atoms with E-state index >= 15 is 0 Å². The van der Waals surface area contributed by atoms with E-state index in [4.69, 9.17) is 5.73 Å². The third kappa shape index (κ3) is 4.15. The van der Waals surface area contributed by atoms with E-state index in [0.29, 0.717) is 0 Å². The number of ether oxygens (including phenoxy) is 1. The van der Waals surface area contributed by atoms with Crippen molar-refractivity contribution in [3.05, 3.63) is 17.6 Å². The Morgan fingerprint density at radius 3 is 2.70 bits per heavy atom. The van der Waals surface area contributed by atoms with Gasteiger partial charge in [-0.1, -0.05) is 11.8 Å². The summed E-state index contributed by atoms with van der Waals surface area (Å²) >= 11 is 0.867. The van der Waals surface area contributed by atoms with Crippen LogP contribution in [0.5, 0.6) is 0 Å². The Morgan fingerprint density at radius 2 is 2.15 bits per heavy atom. The minimum Gasteiger partial charge on any atom is -0.464 e. The first-order chi connectivity index (χ1) is 9.36. The predicted molar refractivity (Wildman–Crippen MR) is 71.9 cm³/mol. The van der Waals surface area contributed by atoms with Crippen LogP contribution in [0, 0.1) is 0 Å².